The van der Waals surface area contributed by atoms with Crippen LogP contribution in [0.15, 0.2) is 46.9 Å². The molecule has 7 heteroatoms. The summed E-state index contributed by atoms with van der Waals surface area (Å²) in [5.74, 6) is -1.07. The van der Waals surface area contributed by atoms with Crippen molar-refractivity contribution in [2.24, 2.45) is 5.73 Å². The van der Waals surface area contributed by atoms with Crippen molar-refractivity contribution >= 4 is 27.7 Å². The maximum atomic E-state index is 14.0. The van der Waals surface area contributed by atoms with Gasteiger partial charge in [-0.1, -0.05) is 28.1 Å². The van der Waals surface area contributed by atoms with Gasteiger partial charge in [0.15, 0.2) is 6.61 Å². The van der Waals surface area contributed by atoms with Crippen LogP contribution in [0.2, 0.25) is 0 Å². The Kier molecular flexibility index (Phi) is 6.52. The van der Waals surface area contributed by atoms with Crippen molar-refractivity contribution < 1.29 is 18.7 Å². The van der Waals surface area contributed by atoms with Gasteiger partial charge in [0, 0.05) is 23.1 Å². The molecule has 0 aliphatic rings. The number of benzene rings is 2. The van der Waals surface area contributed by atoms with Crippen molar-refractivity contribution in [1.82, 2.24) is 4.90 Å². The molecule has 2 aromatic rings. The molecule has 0 aliphatic carbocycles. The molecule has 0 unspecified atom stereocenters. The van der Waals surface area contributed by atoms with Crippen LogP contribution in [0.25, 0.3) is 0 Å². The molecule has 25 heavy (non-hydrogen) atoms. The number of halogens is 2. The lowest BCUT2D eigenvalue weighted by Gasteiger charge is -2.22. The van der Waals surface area contributed by atoms with Gasteiger partial charge in [-0.3, -0.25) is 9.59 Å². The van der Waals surface area contributed by atoms with E-state index in [0.29, 0.717) is 17.7 Å². The Labute approximate surface area is 153 Å². The van der Waals surface area contributed by atoms with Gasteiger partial charge in [0.1, 0.15) is 11.6 Å². The Hall–Kier alpha value is -2.41. The number of primary amides is 1. The number of carbonyl (C=O) groups excluding carboxylic acids is 2. The van der Waals surface area contributed by atoms with Gasteiger partial charge in [0.05, 0.1) is 5.56 Å². The Morgan fingerprint density at radius 3 is 2.64 bits per heavy atom. The van der Waals surface area contributed by atoms with Crippen molar-refractivity contribution in [3.8, 4) is 5.75 Å². The molecule has 0 aliphatic heterocycles. The largest absolute Gasteiger partial charge is 0.483 e. The predicted molar refractivity (Wildman–Crippen MR) is 95.6 cm³/mol. The monoisotopic (exact) mass is 408 g/mol. The smallest absolute Gasteiger partial charge is 0.257 e. The molecule has 2 aromatic carbocycles. The molecule has 0 heterocycles. The summed E-state index contributed by atoms with van der Waals surface area (Å²) in [6.07, 6.45) is 0. The van der Waals surface area contributed by atoms with E-state index < -0.39 is 5.91 Å². The van der Waals surface area contributed by atoms with E-state index in [0.717, 1.165) is 4.47 Å². The summed E-state index contributed by atoms with van der Waals surface area (Å²) in [6, 6.07) is 11.2. The third kappa shape index (κ3) is 5.03. The number of amides is 2. The Balaban J connectivity index is 2.25. The highest BCUT2D eigenvalue weighted by molar-refractivity contribution is 9.10. The van der Waals surface area contributed by atoms with Gasteiger partial charge in [0.2, 0.25) is 0 Å². The summed E-state index contributed by atoms with van der Waals surface area (Å²) in [6.45, 7) is 1.98. The van der Waals surface area contributed by atoms with Gasteiger partial charge in [0.25, 0.3) is 11.8 Å². The minimum atomic E-state index is -0.634. The first-order chi connectivity index (χ1) is 11.9. The third-order valence-corrected chi connectivity index (χ3v) is 4.02. The minimum absolute atomic E-state index is 0.116. The SMILES string of the molecule is CCN(Cc1cc(Br)ccc1F)C(=O)c1ccccc1OCC(N)=O. The lowest BCUT2D eigenvalue weighted by Crippen LogP contribution is -2.31. The third-order valence-electron chi connectivity index (χ3n) is 3.53. The Morgan fingerprint density at radius 1 is 1.24 bits per heavy atom. The molecular weight excluding hydrogens is 391 g/mol. The number of para-hydroxylation sites is 1. The van der Waals surface area contributed by atoms with Crippen LogP contribution < -0.4 is 10.5 Å². The summed E-state index contributed by atoms with van der Waals surface area (Å²) in [7, 11) is 0. The molecule has 0 bridgehead atoms. The zero-order valence-electron chi connectivity index (χ0n) is 13.7. The Bertz CT molecular complexity index is 783. The van der Waals surface area contributed by atoms with Crippen LogP contribution in [-0.4, -0.2) is 29.9 Å². The number of nitrogens with two attached hydrogens (primary N) is 1. The molecule has 0 saturated heterocycles. The van der Waals surface area contributed by atoms with E-state index in [1.807, 2.05) is 0 Å². The molecule has 2 rings (SSSR count). The van der Waals surface area contributed by atoms with Crippen molar-refractivity contribution in [3.63, 3.8) is 0 Å². The second-order valence-electron chi connectivity index (χ2n) is 5.31. The van der Waals surface area contributed by atoms with Crippen molar-refractivity contribution in [1.29, 1.82) is 0 Å². The van der Waals surface area contributed by atoms with E-state index in [4.69, 9.17) is 10.5 Å². The van der Waals surface area contributed by atoms with Crippen LogP contribution in [0, 0.1) is 5.82 Å². The number of hydrogen-bond donors (Lipinski definition) is 1. The first-order valence-electron chi connectivity index (χ1n) is 7.65. The topological polar surface area (TPSA) is 72.6 Å². The van der Waals surface area contributed by atoms with Gasteiger partial charge in [-0.05, 0) is 37.3 Å². The van der Waals surface area contributed by atoms with E-state index >= 15 is 0 Å². The molecular formula is C18H18BrFN2O3. The summed E-state index contributed by atoms with van der Waals surface area (Å²) in [5.41, 5.74) is 5.78. The molecule has 5 nitrogen and oxygen atoms in total. The van der Waals surface area contributed by atoms with Gasteiger partial charge in [-0.15, -0.1) is 0 Å². The zero-order valence-corrected chi connectivity index (χ0v) is 15.3. The van der Waals surface area contributed by atoms with Gasteiger partial charge >= 0.3 is 0 Å². The molecule has 0 radical (unpaired) electrons. The van der Waals surface area contributed by atoms with Crippen molar-refractivity contribution in [2.75, 3.05) is 13.2 Å². The lowest BCUT2D eigenvalue weighted by atomic mass is 10.1. The summed E-state index contributed by atoms with van der Waals surface area (Å²) >= 11 is 3.30. The van der Waals surface area contributed by atoms with E-state index in [-0.39, 0.29) is 30.6 Å². The van der Waals surface area contributed by atoms with E-state index in [1.54, 1.807) is 43.3 Å². The summed E-state index contributed by atoms with van der Waals surface area (Å²) < 4.78 is 20.0. The van der Waals surface area contributed by atoms with E-state index in [2.05, 4.69) is 15.9 Å². The molecule has 0 spiro atoms. The summed E-state index contributed by atoms with van der Waals surface area (Å²) in [5, 5.41) is 0. The first kappa shape index (κ1) is 18.9. The van der Waals surface area contributed by atoms with Gasteiger partial charge in [-0.25, -0.2) is 4.39 Å². The molecule has 0 fully saturated rings. The highest BCUT2D eigenvalue weighted by Crippen LogP contribution is 2.22. The number of carbonyl (C=O) groups is 2. The van der Waals surface area contributed by atoms with Crippen LogP contribution in [0.5, 0.6) is 5.75 Å². The van der Waals surface area contributed by atoms with E-state index in [9.17, 15) is 14.0 Å². The molecule has 0 aromatic heterocycles. The quantitative estimate of drug-likeness (QED) is 0.764. The lowest BCUT2D eigenvalue weighted by molar-refractivity contribution is -0.119. The van der Waals surface area contributed by atoms with Crippen LogP contribution in [0.1, 0.15) is 22.8 Å². The van der Waals surface area contributed by atoms with Crippen LogP contribution >= 0.6 is 15.9 Å². The maximum Gasteiger partial charge on any atom is 0.257 e. The number of rotatable bonds is 7. The molecule has 0 saturated carbocycles. The number of hydrogen-bond acceptors (Lipinski definition) is 3. The van der Waals surface area contributed by atoms with Crippen LogP contribution in [0.3, 0.4) is 0 Å². The van der Waals surface area contributed by atoms with Gasteiger partial charge < -0.3 is 15.4 Å². The summed E-state index contributed by atoms with van der Waals surface area (Å²) in [4.78, 5) is 25.2. The first-order valence-corrected chi connectivity index (χ1v) is 8.45. The number of ether oxygens (including phenoxy) is 1. The fourth-order valence-corrected chi connectivity index (χ4v) is 2.69. The fraction of sp³-hybridized carbons (Fsp3) is 0.222. The second-order valence-corrected chi connectivity index (χ2v) is 6.22. The second kappa shape index (κ2) is 8.62. The molecule has 0 atom stereocenters. The average Bonchev–Trinajstić information content (AvgIpc) is 2.60. The highest BCUT2D eigenvalue weighted by atomic mass is 79.9. The normalized spacial score (nSPS) is 10.4. The standard InChI is InChI=1S/C18H18BrFN2O3/c1-2-22(10-12-9-13(19)7-8-15(12)20)18(24)14-5-3-4-6-16(14)25-11-17(21)23/h3-9H,2,10-11H2,1H3,(H2,21,23). The zero-order chi connectivity index (χ0) is 18.4. The average molecular weight is 409 g/mol. The highest BCUT2D eigenvalue weighted by Gasteiger charge is 2.20. The maximum absolute atomic E-state index is 14.0. The Morgan fingerprint density at radius 2 is 1.96 bits per heavy atom. The molecule has 2 N–H and O–H groups in total. The fourth-order valence-electron chi connectivity index (χ4n) is 2.29. The molecule has 2 amide bonds. The van der Waals surface area contributed by atoms with Crippen LogP contribution in [0.4, 0.5) is 4.39 Å². The van der Waals surface area contributed by atoms with Crippen molar-refractivity contribution in [2.45, 2.75) is 13.5 Å². The molecule has 132 valence electrons. The predicted octanol–water partition coefficient (Wildman–Crippen LogP) is 3.11. The van der Waals surface area contributed by atoms with Crippen molar-refractivity contribution in [3.05, 3.63) is 63.9 Å². The van der Waals surface area contributed by atoms with Gasteiger partial charge in [-0.2, -0.15) is 0 Å². The minimum Gasteiger partial charge on any atom is -0.483 e. The van der Waals surface area contributed by atoms with Crippen LogP contribution in [-0.2, 0) is 11.3 Å². The number of nitrogens with zero attached hydrogens (tertiary/aromatic N) is 1. The van der Waals surface area contributed by atoms with E-state index in [1.165, 1.54) is 11.0 Å².